The van der Waals surface area contributed by atoms with Gasteiger partial charge in [0.2, 0.25) is 6.10 Å². The summed E-state index contributed by atoms with van der Waals surface area (Å²) in [6.45, 7) is 7.49. The number of hydrogen-bond acceptors (Lipinski definition) is 6. The highest BCUT2D eigenvalue weighted by molar-refractivity contribution is 6.03. The van der Waals surface area contributed by atoms with E-state index in [-0.39, 0.29) is 12.6 Å². The van der Waals surface area contributed by atoms with Crippen molar-refractivity contribution in [3.63, 3.8) is 0 Å². The molecule has 1 aliphatic rings. The zero-order chi connectivity index (χ0) is 20.3. The van der Waals surface area contributed by atoms with Gasteiger partial charge < -0.3 is 19.2 Å². The van der Waals surface area contributed by atoms with E-state index in [1.807, 2.05) is 12.1 Å². The lowest BCUT2D eigenvalue weighted by atomic mass is 10.1. The Bertz CT molecular complexity index is 932. The zero-order valence-electron chi connectivity index (χ0n) is 16.3. The highest BCUT2D eigenvalue weighted by Gasteiger charge is 2.27. The molecule has 0 radical (unpaired) electrons. The van der Waals surface area contributed by atoms with E-state index in [2.05, 4.69) is 15.5 Å². The van der Waals surface area contributed by atoms with Crippen LogP contribution in [0.25, 0.3) is 0 Å². The number of ether oxygens (including phenoxy) is 3. The van der Waals surface area contributed by atoms with Gasteiger partial charge in [-0.2, -0.15) is 5.10 Å². The number of carbonyl (C=O) groups excluding carboxylic acids is 2. The summed E-state index contributed by atoms with van der Waals surface area (Å²) in [5.74, 6) is 0.323. The van der Waals surface area contributed by atoms with Gasteiger partial charge in [0, 0.05) is 5.69 Å². The molecule has 2 N–H and O–H groups in total. The molecule has 2 aromatic rings. The van der Waals surface area contributed by atoms with E-state index >= 15 is 0 Å². The second kappa shape index (κ2) is 8.16. The van der Waals surface area contributed by atoms with Crippen LogP contribution < -0.4 is 14.9 Å². The second-order valence-electron chi connectivity index (χ2n) is 6.38. The number of rotatable bonds is 5. The van der Waals surface area contributed by atoms with Gasteiger partial charge in [-0.25, -0.2) is 10.2 Å². The van der Waals surface area contributed by atoms with Gasteiger partial charge in [-0.15, -0.1) is 0 Å². The van der Waals surface area contributed by atoms with Crippen LogP contribution in [0, 0.1) is 13.8 Å². The van der Waals surface area contributed by atoms with Gasteiger partial charge in [0.1, 0.15) is 6.61 Å². The molecule has 0 saturated carbocycles. The number of nitrogens with one attached hydrogen (secondary N) is 2. The van der Waals surface area contributed by atoms with Crippen LogP contribution in [0.1, 0.15) is 41.2 Å². The molecule has 8 heteroatoms. The summed E-state index contributed by atoms with van der Waals surface area (Å²) in [6, 6.07) is 7.16. The largest absolute Gasteiger partial charge is 0.485 e. The minimum atomic E-state index is -0.798. The molecule has 0 spiro atoms. The normalized spacial score (nSPS) is 15.9. The molecule has 8 nitrogen and oxygen atoms in total. The number of hydrazone groups is 1. The summed E-state index contributed by atoms with van der Waals surface area (Å²) in [5, 5.41) is 4.14. The van der Waals surface area contributed by atoms with Gasteiger partial charge in [-0.05, 0) is 45.4 Å². The molecule has 1 aromatic heterocycles. The lowest BCUT2D eigenvalue weighted by molar-refractivity contribution is -0.130. The molecule has 0 aliphatic carbocycles. The summed E-state index contributed by atoms with van der Waals surface area (Å²) in [4.78, 5) is 27.6. The minimum absolute atomic E-state index is 0.102. The van der Waals surface area contributed by atoms with Gasteiger partial charge in [-0.3, -0.25) is 4.79 Å². The first-order valence-electron chi connectivity index (χ1n) is 9.01. The predicted octanol–water partition coefficient (Wildman–Crippen LogP) is 2.49. The molecular weight excluding hydrogens is 362 g/mol. The highest BCUT2D eigenvalue weighted by Crippen LogP contribution is 2.30. The Balaban J connectivity index is 1.70. The van der Waals surface area contributed by atoms with Crippen molar-refractivity contribution in [3.8, 4) is 11.5 Å². The van der Waals surface area contributed by atoms with Crippen LogP contribution in [0.4, 0.5) is 0 Å². The van der Waals surface area contributed by atoms with Crippen molar-refractivity contribution >= 4 is 17.6 Å². The summed E-state index contributed by atoms with van der Waals surface area (Å²) in [6.07, 6.45) is -0.798. The summed E-state index contributed by atoms with van der Waals surface area (Å²) < 4.78 is 16.3. The standard InChI is InChI=1S/C20H23N3O5/c1-5-26-20(25)17-11(2)18(21-12(17)3)13(4)22-23-19(24)16-10-27-14-8-6-7-9-15(14)28-16/h6-9,16,21H,5,10H2,1-4H3,(H,23,24). The fraction of sp³-hybridized carbons (Fsp3) is 0.350. The fourth-order valence-corrected chi connectivity index (χ4v) is 3.04. The Labute approximate surface area is 162 Å². The molecular formula is C20H23N3O5. The number of H-pyrrole nitrogens is 1. The van der Waals surface area contributed by atoms with Gasteiger partial charge >= 0.3 is 5.97 Å². The van der Waals surface area contributed by atoms with E-state index in [1.165, 1.54) is 0 Å². The number of aryl methyl sites for hydroxylation is 1. The van der Waals surface area contributed by atoms with Gasteiger partial charge in [-0.1, -0.05) is 12.1 Å². The number of benzene rings is 1. The number of aromatic amines is 1. The highest BCUT2D eigenvalue weighted by atomic mass is 16.6. The molecule has 0 bridgehead atoms. The average molecular weight is 385 g/mol. The number of nitrogens with zero attached hydrogens (tertiary/aromatic N) is 1. The number of aromatic nitrogens is 1. The number of carbonyl (C=O) groups is 2. The maximum absolute atomic E-state index is 12.4. The zero-order valence-corrected chi connectivity index (χ0v) is 16.3. The third kappa shape index (κ3) is 3.85. The fourth-order valence-electron chi connectivity index (χ4n) is 3.04. The number of hydrogen-bond donors (Lipinski definition) is 2. The summed E-state index contributed by atoms with van der Waals surface area (Å²) in [7, 11) is 0. The van der Waals surface area contributed by atoms with E-state index in [1.54, 1.807) is 39.8 Å². The second-order valence-corrected chi connectivity index (χ2v) is 6.38. The van der Waals surface area contributed by atoms with Crippen molar-refractivity contribution in [2.45, 2.75) is 33.8 Å². The summed E-state index contributed by atoms with van der Waals surface area (Å²) >= 11 is 0. The van der Waals surface area contributed by atoms with E-state index in [0.29, 0.717) is 40.8 Å². The van der Waals surface area contributed by atoms with Crippen LogP contribution in [0.5, 0.6) is 11.5 Å². The molecule has 1 aromatic carbocycles. The van der Waals surface area contributed by atoms with Crippen LogP contribution in [0.2, 0.25) is 0 Å². The smallest absolute Gasteiger partial charge is 0.340 e. The molecule has 28 heavy (non-hydrogen) atoms. The van der Waals surface area contributed by atoms with Crippen LogP contribution in [0.15, 0.2) is 29.4 Å². The van der Waals surface area contributed by atoms with Crippen LogP contribution in [-0.2, 0) is 9.53 Å². The van der Waals surface area contributed by atoms with Crippen molar-refractivity contribution in [1.82, 2.24) is 10.4 Å². The first-order valence-corrected chi connectivity index (χ1v) is 9.01. The predicted molar refractivity (Wildman–Crippen MR) is 103 cm³/mol. The van der Waals surface area contributed by atoms with Crippen molar-refractivity contribution in [2.75, 3.05) is 13.2 Å². The Kier molecular flexibility index (Phi) is 5.67. The molecule has 0 fully saturated rings. The first-order chi connectivity index (χ1) is 13.4. The molecule has 1 amide bonds. The Morgan fingerprint density at radius 3 is 2.71 bits per heavy atom. The van der Waals surface area contributed by atoms with Crippen LogP contribution >= 0.6 is 0 Å². The number of para-hydroxylation sites is 2. The van der Waals surface area contributed by atoms with Gasteiger partial charge in [0.25, 0.3) is 5.91 Å². The third-order valence-electron chi connectivity index (χ3n) is 4.41. The SMILES string of the molecule is CCOC(=O)c1c(C)[nH]c(C(C)=NNC(=O)C2COc3ccccc3O2)c1C. The third-order valence-corrected chi connectivity index (χ3v) is 4.41. The minimum Gasteiger partial charge on any atom is -0.485 e. The number of fused-ring (bicyclic) bond motifs is 1. The lowest BCUT2D eigenvalue weighted by Gasteiger charge is -2.24. The molecule has 148 valence electrons. The molecule has 1 atom stereocenters. The maximum atomic E-state index is 12.4. The Hall–Kier alpha value is -3.29. The average Bonchev–Trinajstić information content (AvgIpc) is 2.99. The van der Waals surface area contributed by atoms with Crippen LogP contribution in [-0.4, -0.2) is 41.9 Å². The van der Waals surface area contributed by atoms with Gasteiger partial charge in [0.15, 0.2) is 11.5 Å². The number of amides is 1. The molecule has 3 rings (SSSR count). The van der Waals surface area contributed by atoms with E-state index in [0.717, 1.165) is 5.56 Å². The molecule has 1 unspecified atom stereocenters. The van der Waals surface area contributed by atoms with Gasteiger partial charge in [0.05, 0.1) is 23.6 Å². The van der Waals surface area contributed by atoms with Crippen molar-refractivity contribution in [1.29, 1.82) is 0 Å². The van der Waals surface area contributed by atoms with Crippen molar-refractivity contribution in [3.05, 3.63) is 46.8 Å². The van der Waals surface area contributed by atoms with Crippen LogP contribution in [0.3, 0.4) is 0 Å². The first kappa shape index (κ1) is 19.5. The van der Waals surface area contributed by atoms with E-state index in [9.17, 15) is 9.59 Å². The Morgan fingerprint density at radius 1 is 1.29 bits per heavy atom. The van der Waals surface area contributed by atoms with Crippen molar-refractivity contribution < 1.29 is 23.8 Å². The monoisotopic (exact) mass is 385 g/mol. The maximum Gasteiger partial charge on any atom is 0.340 e. The quantitative estimate of drug-likeness (QED) is 0.468. The lowest BCUT2D eigenvalue weighted by Crippen LogP contribution is -2.42. The molecule has 2 heterocycles. The van der Waals surface area contributed by atoms with E-state index < -0.39 is 12.0 Å². The summed E-state index contributed by atoms with van der Waals surface area (Å²) in [5.41, 5.74) is 5.58. The molecule has 1 aliphatic heterocycles. The number of esters is 1. The molecule has 0 saturated heterocycles. The van der Waals surface area contributed by atoms with E-state index in [4.69, 9.17) is 14.2 Å². The Morgan fingerprint density at radius 2 is 2.00 bits per heavy atom. The topological polar surface area (TPSA) is 102 Å². The van der Waals surface area contributed by atoms with Crippen molar-refractivity contribution in [2.24, 2.45) is 5.10 Å².